The van der Waals surface area contributed by atoms with Gasteiger partial charge in [0.25, 0.3) is 0 Å². The number of rotatable bonds is 5. The zero-order valence-corrected chi connectivity index (χ0v) is 10.1. The van der Waals surface area contributed by atoms with Crippen LogP contribution in [0, 0.1) is 0 Å². The molecule has 0 aliphatic rings. The number of methoxy groups -OCH3 is 1. The van der Waals surface area contributed by atoms with Gasteiger partial charge in [0.15, 0.2) is 0 Å². The number of nitrogens with one attached hydrogen (secondary N) is 1. The number of hydrogen-bond acceptors (Lipinski definition) is 2. The minimum Gasteiger partial charge on any atom is -0.497 e. The van der Waals surface area contributed by atoms with Crippen LogP contribution in [0.1, 0.15) is 24.4 Å². The highest BCUT2D eigenvalue weighted by molar-refractivity contribution is 5.85. The predicted octanol–water partition coefficient (Wildman–Crippen LogP) is 3.14. The Hall–Kier alpha value is -1.74. The third kappa shape index (κ3) is 2.34. The second-order valence-corrected chi connectivity index (χ2v) is 4.13. The van der Waals surface area contributed by atoms with Crippen LogP contribution >= 0.6 is 0 Å². The minimum absolute atomic E-state index is 0.0360. The van der Waals surface area contributed by atoms with Gasteiger partial charge < -0.3 is 15.5 Å². The van der Waals surface area contributed by atoms with Gasteiger partial charge in [-0.1, -0.05) is 6.08 Å². The second-order valence-electron chi connectivity index (χ2n) is 4.13. The lowest BCUT2D eigenvalue weighted by Crippen LogP contribution is -2.09. The number of aromatic amines is 1. The number of hydrogen-bond donors (Lipinski definition) is 2. The second kappa shape index (κ2) is 5.06. The van der Waals surface area contributed by atoms with Gasteiger partial charge in [-0.25, -0.2) is 0 Å². The molecular weight excluding hydrogens is 212 g/mol. The number of nitrogens with two attached hydrogens (primary N) is 1. The van der Waals surface area contributed by atoms with Crippen molar-refractivity contribution in [3.05, 3.63) is 42.6 Å². The SMILES string of the molecule is C=CCC[C@@H](N)c1c[nH]c2ccc(OC)cc12. The first-order valence-corrected chi connectivity index (χ1v) is 5.77. The molecule has 0 spiro atoms. The summed E-state index contributed by atoms with van der Waals surface area (Å²) in [6.07, 6.45) is 5.72. The van der Waals surface area contributed by atoms with Gasteiger partial charge in [0.1, 0.15) is 5.75 Å². The van der Waals surface area contributed by atoms with Gasteiger partial charge in [0.05, 0.1) is 7.11 Å². The van der Waals surface area contributed by atoms with Crippen LogP contribution in [-0.2, 0) is 0 Å². The third-order valence-electron chi connectivity index (χ3n) is 3.00. The van der Waals surface area contributed by atoms with Gasteiger partial charge in [-0.05, 0) is 36.6 Å². The van der Waals surface area contributed by atoms with E-state index in [0.29, 0.717) is 0 Å². The van der Waals surface area contributed by atoms with Gasteiger partial charge in [-0.15, -0.1) is 6.58 Å². The van der Waals surface area contributed by atoms with E-state index in [1.54, 1.807) is 7.11 Å². The quantitative estimate of drug-likeness (QED) is 0.775. The van der Waals surface area contributed by atoms with Crippen molar-refractivity contribution in [2.75, 3.05) is 7.11 Å². The fourth-order valence-electron chi connectivity index (χ4n) is 2.01. The van der Waals surface area contributed by atoms with E-state index in [0.717, 1.165) is 35.1 Å². The third-order valence-corrected chi connectivity index (χ3v) is 3.00. The Morgan fingerprint density at radius 1 is 1.53 bits per heavy atom. The number of ether oxygens (including phenoxy) is 1. The molecule has 17 heavy (non-hydrogen) atoms. The van der Waals surface area contributed by atoms with Crippen molar-refractivity contribution in [2.24, 2.45) is 5.73 Å². The summed E-state index contributed by atoms with van der Waals surface area (Å²) in [6, 6.07) is 6.01. The van der Waals surface area contributed by atoms with Gasteiger partial charge in [-0.2, -0.15) is 0 Å². The molecule has 3 N–H and O–H groups in total. The van der Waals surface area contributed by atoms with Crippen LogP contribution in [0.15, 0.2) is 37.1 Å². The van der Waals surface area contributed by atoms with E-state index in [1.165, 1.54) is 0 Å². The molecule has 1 aromatic carbocycles. The average molecular weight is 230 g/mol. The first kappa shape index (κ1) is 11.7. The van der Waals surface area contributed by atoms with E-state index < -0.39 is 0 Å². The summed E-state index contributed by atoms with van der Waals surface area (Å²) in [5.41, 5.74) is 8.41. The van der Waals surface area contributed by atoms with Crippen LogP contribution < -0.4 is 10.5 Å². The molecule has 1 aromatic heterocycles. The summed E-state index contributed by atoms with van der Waals surface area (Å²) < 4.78 is 5.24. The molecule has 2 aromatic rings. The van der Waals surface area contributed by atoms with Crippen molar-refractivity contribution < 1.29 is 4.74 Å². The van der Waals surface area contributed by atoms with E-state index in [4.69, 9.17) is 10.5 Å². The smallest absolute Gasteiger partial charge is 0.119 e. The maximum absolute atomic E-state index is 6.17. The molecule has 3 heteroatoms. The van der Waals surface area contributed by atoms with Gasteiger partial charge in [0, 0.05) is 23.1 Å². The molecule has 0 saturated heterocycles. The molecule has 2 rings (SSSR count). The van der Waals surface area contributed by atoms with Crippen LogP contribution in [0.5, 0.6) is 5.75 Å². The highest BCUT2D eigenvalue weighted by Gasteiger charge is 2.11. The molecule has 1 atom stereocenters. The van der Waals surface area contributed by atoms with Crippen molar-refractivity contribution in [1.82, 2.24) is 4.98 Å². The number of allylic oxidation sites excluding steroid dienone is 1. The molecule has 0 saturated carbocycles. The zero-order chi connectivity index (χ0) is 12.3. The van der Waals surface area contributed by atoms with Gasteiger partial charge in [0.2, 0.25) is 0 Å². The first-order chi connectivity index (χ1) is 8.26. The zero-order valence-electron chi connectivity index (χ0n) is 10.1. The maximum atomic E-state index is 6.17. The van der Waals surface area contributed by atoms with E-state index in [-0.39, 0.29) is 6.04 Å². The average Bonchev–Trinajstić information content (AvgIpc) is 2.78. The lowest BCUT2D eigenvalue weighted by molar-refractivity contribution is 0.415. The van der Waals surface area contributed by atoms with Crippen molar-refractivity contribution in [2.45, 2.75) is 18.9 Å². The number of aromatic nitrogens is 1. The van der Waals surface area contributed by atoms with E-state index in [2.05, 4.69) is 11.6 Å². The monoisotopic (exact) mass is 230 g/mol. The molecule has 1 heterocycles. The van der Waals surface area contributed by atoms with Gasteiger partial charge in [-0.3, -0.25) is 0 Å². The maximum Gasteiger partial charge on any atom is 0.119 e. The fraction of sp³-hybridized carbons (Fsp3) is 0.286. The van der Waals surface area contributed by atoms with Crippen molar-refractivity contribution in [1.29, 1.82) is 0 Å². The van der Waals surface area contributed by atoms with Crippen LogP contribution in [0.2, 0.25) is 0 Å². The molecule has 3 nitrogen and oxygen atoms in total. The molecule has 0 aliphatic carbocycles. The Morgan fingerprint density at radius 2 is 2.35 bits per heavy atom. The molecule has 0 fully saturated rings. The molecule has 0 radical (unpaired) electrons. The van der Waals surface area contributed by atoms with Crippen LogP contribution in [0.4, 0.5) is 0 Å². The lowest BCUT2D eigenvalue weighted by Gasteiger charge is -2.09. The molecule has 0 unspecified atom stereocenters. The summed E-state index contributed by atoms with van der Waals surface area (Å²) in [4.78, 5) is 3.24. The summed E-state index contributed by atoms with van der Waals surface area (Å²) in [7, 11) is 1.67. The number of benzene rings is 1. The van der Waals surface area contributed by atoms with Crippen molar-refractivity contribution in [3.8, 4) is 5.75 Å². The predicted molar refractivity (Wildman–Crippen MR) is 71.2 cm³/mol. The molecule has 90 valence electrons. The van der Waals surface area contributed by atoms with E-state index in [9.17, 15) is 0 Å². The van der Waals surface area contributed by atoms with E-state index >= 15 is 0 Å². The highest BCUT2D eigenvalue weighted by Crippen LogP contribution is 2.28. The molecule has 0 amide bonds. The number of H-pyrrole nitrogens is 1. The minimum atomic E-state index is 0.0360. The summed E-state index contributed by atoms with van der Waals surface area (Å²) in [5.74, 6) is 0.856. The Morgan fingerprint density at radius 3 is 3.06 bits per heavy atom. The van der Waals surface area contributed by atoms with Crippen LogP contribution in [-0.4, -0.2) is 12.1 Å². The summed E-state index contributed by atoms with van der Waals surface area (Å²) in [6.45, 7) is 3.72. The summed E-state index contributed by atoms with van der Waals surface area (Å²) >= 11 is 0. The van der Waals surface area contributed by atoms with Gasteiger partial charge >= 0.3 is 0 Å². The Kier molecular flexibility index (Phi) is 3.49. The summed E-state index contributed by atoms with van der Waals surface area (Å²) in [5, 5.41) is 1.14. The Bertz CT molecular complexity index is 516. The highest BCUT2D eigenvalue weighted by atomic mass is 16.5. The van der Waals surface area contributed by atoms with E-state index in [1.807, 2.05) is 30.5 Å². The van der Waals surface area contributed by atoms with Crippen molar-refractivity contribution >= 4 is 10.9 Å². The Balaban J connectivity index is 2.36. The molecule has 0 bridgehead atoms. The number of fused-ring (bicyclic) bond motifs is 1. The fourth-order valence-corrected chi connectivity index (χ4v) is 2.01. The van der Waals surface area contributed by atoms with Crippen molar-refractivity contribution in [3.63, 3.8) is 0 Å². The van der Waals surface area contributed by atoms with Crippen LogP contribution in [0.3, 0.4) is 0 Å². The topological polar surface area (TPSA) is 51.0 Å². The van der Waals surface area contributed by atoms with Crippen LogP contribution in [0.25, 0.3) is 10.9 Å². The molecule has 0 aliphatic heterocycles. The largest absolute Gasteiger partial charge is 0.497 e. The Labute approximate surface area is 101 Å². The molecular formula is C14H18N2O. The standard InChI is InChI=1S/C14H18N2O/c1-3-4-5-13(15)12-9-16-14-7-6-10(17-2)8-11(12)14/h3,6-9,13,16H,1,4-5,15H2,2H3/t13-/m1/s1. The lowest BCUT2D eigenvalue weighted by atomic mass is 10.0. The normalized spacial score (nSPS) is 12.6. The first-order valence-electron chi connectivity index (χ1n) is 5.77.